The Kier molecular flexibility index (Phi) is 5.51. The van der Waals surface area contributed by atoms with Gasteiger partial charge in [-0.25, -0.2) is 9.59 Å². The first kappa shape index (κ1) is 14.4. The lowest BCUT2D eigenvalue weighted by atomic mass is 10.3. The number of para-hydroxylation sites is 1. The molecule has 0 N–H and O–H groups in total. The van der Waals surface area contributed by atoms with Crippen LogP contribution in [-0.4, -0.2) is 38.5 Å². The summed E-state index contributed by atoms with van der Waals surface area (Å²) in [6.07, 6.45) is 0.460. The van der Waals surface area contributed by atoms with Crippen molar-refractivity contribution >= 4 is 23.7 Å². The Morgan fingerprint density at radius 3 is 2.17 bits per heavy atom. The number of carbonyl (C=O) groups excluding carboxylic acids is 2. The lowest BCUT2D eigenvalue weighted by Crippen LogP contribution is -2.37. The first-order valence-corrected chi connectivity index (χ1v) is 6.31. The van der Waals surface area contributed by atoms with Crippen molar-refractivity contribution in [3.8, 4) is 5.75 Å². The molecule has 1 rings (SSSR count). The van der Waals surface area contributed by atoms with Crippen LogP contribution in [0.5, 0.6) is 5.75 Å². The second-order valence-electron chi connectivity index (χ2n) is 3.20. The van der Waals surface area contributed by atoms with E-state index >= 15 is 0 Å². The molecule has 0 unspecified atom stereocenters. The third-order valence-electron chi connectivity index (χ3n) is 2.14. The highest BCUT2D eigenvalue weighted by atomic mass is 32.2. The molecule has 0 heterocycles. The molecule has 0 bridgehead atoms. The van der Waals surface area contributed by atoms with Crippen LogP contribution in [0.2, 0.25) is 0 Å². The minimum absolute atomic E-state index is 0.436. The maximum Gasteiger partial charge on any atom is 0.359 e. The zero-order valence-electron chi connectivity index (χ0n) is 10.3. The normalized spacial score (nSPS) is 10.0. The summed E-state index contributed by atoms with van der Waals surface area (Å²) in [5, 5.41) is 0. The fourth-order valence-electron chi connectivity index (χ4n) is 1.25. The molecular weight excluding hydrogens is 256 g/mol. The summed E-state index contributed by atoms with van der Waals surface area (Å²) < 4.78 is 14.4. The van der Waals surface area contributed by atoms with Crippen molar-refractivity contribution in [2.24, 2.45) is 0 Å². The number of hydrogen-bond donors (Lipinski definition) is 0. The van der Waals surface area contributed by atoms with Gasteiger partial charge in [0.25, 0.3) is 6.10 Å². The highest BCUT2D eigenvalue weighted by Crippen LogP contribution is 2.28. The zero-order chi connectivity index (χ0) is 13.5. The molecule has 0 aromatic heterocycles. The van der Waals surface area contributed by atoms with Gasteiger partial charge in [-0.05, 0) is 18.4 Å². The SMILES string of the molecule is COC(=O)C(Oc1ccccc1SC)C(=O)OC. The van der Waals surface area contributed by atoms with Crippen molar-refractivity contribution in [1.82, 2.24) is 0 Å². The van der Waals surface area contributed by atoms with Crippen LogP contribution >= 0.6 is 11.8 Å². The van der Waals surface area contributed by atoms with Gasteiger partial charge in [0.15, 0.2) is 0 Å². The predicted octanol–water partition coefficient (Wildman–Crippen LogP) is 1.50. The van der Waals surface area contributed by atoms with Crippen LogP contribution in [-0.2, 0) is 19.1 Å². The number of ether oxygens (including phenoxy) is 3. The van der Waals surface area contributed by atoms with Gasteiger partial charge in [-0.1, -0.05) is 12.1 Å². The number of benzene rings is 1. The molecule has 6 heteroatoms. The molecule has 18 heavy (non-hydrogen) atoms. The average Bonchev–Trinajstić information content (AvgIpc) is 2.43. The summed E-state index contributed by atoms with van der Waals surface area (Å²) >= 11 is 1.45. The van der Waals surface area contributed by atoms with E-state index in [1.807, 2.05) is 18.4 Å². The zero-order valence-corrected chi connectivity index (χ0v) is 11.2. The molecule has 1 aromatic carbocycles. The largest absolute Gasteiger partial charge is 0.466 e. The Bertz CT molecular complexity index is 416. The van der Waals surface area contributed by atoms with E-state index in [1.165, 1.54) is 26.0 Å². The first-order valence-electron chi connectivity index (χ1n) is 5.09. The Hall–Kier alpha value is -1.69. The van der Waals surface area contributed by atoms with Gasteiger partial charge >= 0.3 is 11.9 Å². The number of esters is 2. The molecular formula is C12H14O5S. The third-order valence-corrected chi connectivity index (χ3v) is 2.92. The second-order valence-corrected chi connectivity index (χ2v) is 4.04. The van der Waals surface area contributed by atoms with E-state index in [0.717, 1.165) is 4.90 Å². The summed E-state index contributed by atoms with van der Waals surface area (Å²) in [5.41, 5.74) is 0. The second kappa shape index (κ2) is 6.90. The highest BCUT2D eigenvalue weighted by molar-refractivity contribution is 7.98. The molecule has 0 aliphatic carbocycles. The quantitative estimate of drug-likeness (QED) is 0.459. The summed E-state index contributed by atoms with van der Waals surface area (Å²) in [4.78, 5) is 23.7. The summed E-state index contributed by atoms with van der Waals surface area (Å²) in [6.45, 7) is 0. The van der Waals surface area contributed by atoms with Crippen LogP contribution in [0, 0.1) is 0 Å². The number of carbonyl (C=O) groups is 2. The van der Waals surface area contributed by atoms with Crippen LogP contribution in [0.4, 0.5) is 0 Å². The van der Waals surface area contributed by atoms with E-state index in [4.69, 9.17) is 4.74 Å². The van der Waals surface area contributed by atoms with E-state index in [2.05, 4.69) is 9.47 Å². The lowest BCUT2D eigenvalue weighted by Gasteiger charge is -2.16. The van der Waals surface area contributed by atoms with Crippen molar-refractivity contribution in [2.45, 2.75) is 11.0 Å². The van der Waals surface area contributed by atoms with Gasteiger partial charge in [-0.2, -0.15) is 0 Å². The fraction of sp³-hybridized carbons (Fsp3) is 0.333. The maximum absolute atomic E-state index is 11.5. The van der Waals surface area contributed by atoms with E-state index in [9.17, 15) is 9.59 Å². The van der Waals surface area contributed by atoms with E-state index in [0.29, 0.717) is 5.75 Å². The van der Waals surface area contributed by atoms with Gasteiger partial charge in [-0.15, -0.1) is 11.8 Å². The van der Waals surface area contributed by atoms with Crippen molar-refractivity contribution in [1.29, 1.82) is 0 Å². The minimum atomic E-state index is -1.41. The van der Waals surface area contributed by atoms with Gasteiger partial charge in [0, 0.05) is 4.90 Å². The van der Waals surface area contributed by atoms with E-state index in [-0.39, 0.29) is 0 Å². The van der Waals surface area contributed by atoms with Crippen LogP contribution in [0.1, 0.15) is 0 Å². The number of thioether (sulfide) groups is 1. The van der Waals surface area contributed by atoms with Gasteiger partial charge in [0.05, 0.1) is 14.2 Å². The lowest BCUT2D eigenvalue weighted by molar-refractivity contribution is -0.163. The topological polar surface area (TPSA) is 61.8 Å². The average molecular weight is 270 g/mol. The molecule has 0 spiro atoms. The summed E-state index contributed by atoms with van der Waals surface area (Å²) in [6, 6.07) is 7.08. The molecule has 0 saturated heterocycles. The summed E-state index contributed by atoms with van der Waals surface area (Å²) in [5.74, 6) is -1.15. The Morgan fingerprint density at radius 1 is 1.11 bits per heavy atom. The molecule has 0 aliphatic heterocycles. The van der Waals surface area contributed by atoms with Crippen molar-refractivity contribution < 1.29 is 23.8 Å². The minimum Gasteiger partial charge on any atom is -0.466 e. The van der Waals surface area contributed by atoms with Crippen molar-refractivity contribution in [2.75, 3.05) is 20.5 Å². The highest BCUT2D eigenvalue weighted by Gasteiger charge is 2.31. The molecule has 0 atom stereocenters. The Balaban J connectivity index is 2.95. The van der Waals surface area contributed by atoms with Gasteiger partial charge < -0.3 is 14.2 Å². The molecule has 0 fully saturated rings. The molecule has 0 amide bonds. The number of methoxy groups -OCH3 is 2. The van der Waals surface area contributed by atoms with Crippen LogP contribution in [0.15, 0.2) is 29.2 Å². The number of hydrogen-bond acceptors (Lipinski definition) is 6. The molecule has 0 radical (unpaired) electrons. The van der Waals surface area contributed by atoms with Gasteiger partial charge in [0.2, 0.25) is 0 Å². The molecule has 0 aliphatic rings. The van der Waals surface area contributed by atoms with Crippen LogP contribution in [0.25, 0.3) is 0 Å². The van der Waals surface area contributed by atoms with Gasteiger partial charge in [0.1, 0.15) is 5.75 Å². The third kappa shape index (κ3) is 3.40. The van der Waals surface area contributed by atoms with Crippen molar-refractivity contribution in [3.05, 3.63) is 24.3 Å². The standard InChI is InChI=1S/C12H14O5S/c1-15-11(13)10(12(14)16-2)17-8-6-4-5-7-9(8)18-3/h4-7,10H,1-3H3. The first-order chi connectivity index (χ1) is 8.63. The number of rotatable bonds is 5. The van der Waals surface area contributed by atoms with Crippen molar-refractivity contribution in [3.63, 3.8) is 0 Å². The molecule has 0 saturated carbocycles. The van der Waals surface area contributed by atoms with Crippen LogP contribution < -0.4 is 4.74 Å². The molecule has 5 nitrogen and oxygen atoms in total. The van der Waals surface area contributed by atoms with E-state index in [1.54, 1.807) is 12.1 Å². The van der Waals surface area contributed by atoms with E-state index < -0.39 is 18.0 Å². The Labute approximate surface area is 109 Å². The maximum atomic E-state index is 11.5. The monoisotopic (exact) mass is 270 g/mol. The Morgan fingerprint density at radius 2 is 1.67 bits per heavy atom. The smallest absolute Gasteiger partial charge is 0.359 e. The predicted molar refractivity (Wildman–Crippen MR) is 66.7 cm³/mol. The molecule has 98 valence electrons. The fourth-order valence-corrected chi connectivity index (χ4v) is 1.78. The van der Waals surface area contributed by atoms with Crippen LogP contribution in [0.3, 0.4) is 0 Å². The summed E-state index contributed by atoms with van der Waals surface area (Å²) in [7, 11) is 2.37. The molecule has 1 aromatic rings. The van der Waals surface area contributed by atoms with Gasteiger partial charge in [-0.3, -0.25) is 0 Å².